The van der Waals surface area contributed by atoms with Crippen molar-refractivity contribution in [2.45, 2.75) is 13.8 Å². The van der Waals surface area contributed by atoms with Crippen LogP contribution >= 0.6 is 11.3 Å². The lowest BCUT2D eigenvalue weighted by Crippen LogP contribution is -2.42. The molecule has 3 rings (SSSR count). The smallest absolute Gasteiger partial charge is 0.324 e. The minimum atomic E-state index is -0.647. The van der Waals surface area contributed by atoms with Gasteiger partial charge in [-0.2, -0.15) is 0 Å². The highest BCUT2D eigenvalue weighted by Gasteiger charge is 2.37. The second-order valence-corrected chi connectivity index (χ2v) is 7.56. The van der Waals surface area contributed by atoms with Gasteiger partial charge in [0.05, 0.1) is 16.1 Å². The Labute approximate surface area is 156 Å². The molecule has 2 aromatic rings. The zero-order valence-electron chi connectivity index (χ0n) is 14.7. The summed E-state index contributed by atoms with van der Waals surface area (Å²) in [5, 5.41) is 8.19. The normalized spacial score (nSPS) is 15.5. The molecule has 0 fully saturated rings. The van der Waals surface area contributed by atoms with Crippen LogP contribution in [0.5, 0.6) is 5.75 Å². The highest BCUT2D eigenvalue weighted by molar-refractivity contribution is 7.14. The minimum absolute atomic E-state index is 0.0451. The molecule has 0 bridgehead atoms. The Bertz CT molecular complexity index is 831. The number of rotatable bonds is 4. The fourth-order valence-electron chi connectivity index (χ4n) is 2.66. The number of nitrogens with zero attached hydrogens (tertiary/aromatic N) is 1. The monoisotopic (exact) mass is 371 g/mol. The second kappa shape index (κ2) is 7.21. The van der Waals surface area contributed by atoms with E-state index in [9.17, 15) is 9.59 Å². The van der Waals surface area contributed by atoms with Crippen molar-refractivity contribution in [1.29, 1.82) is 0 Å². The van der Waals surface area contributed by atoms with Crippen molar-refractivity contribution >= 4 is 39.7 Å². The topological polar surface area (TPSA) is 70.7 Å². The van der Waals surface area contributed by atoms with E-state index in [0.29, 0.717) is 23.7 Å². The van der Waals surface area contributed by atoms with E-state index >= 15 is 0 Å². The average Bonchev–Trinajstić information content (AvgIpc) is 3.07. The molecule has 0 unspecified atom stereocenters. The van der Waals surface area contributed by atoms with Crippen LogP contribution in [0.3, 0.4) is 0 Å². The molecule has 0 aliphatic carbocycles. The van der Waals surface area contributed by atoms with Crippen LogP contribution < -0.4 is 20.3 Å². The van der Waals surface area contributed by atoms with E-state index in [1.807, 2.05) is 31.4 Å². The third kappa shape index (κ3) is 3.72. The van der Waals surface area contributed by atoms with E-state index in [1.165, 1.54) is 11.3 Å². The first kappa shape index (κ1) is 18.0. The van der Waals surface area contributed by atoms with Crippen molar-refractivity contribution in [3.63, 3.8) is 0 Å². The predicted molar refractivity (Wildman–Crippen MR) is 105 cm³/mol. The van der Waals surface area contributed by atoms with Gasteiger partial charge in [-0.25, -0.2) is 4.79 Å². The molecule has 3 amide bonds. The number of thiophene rings is 1. The van der Waals surface area contributed by atoms with Crippen molar-refractivity contribution in [1.82, 2.24) is 0 Å². The Morgan fingerprint density at radius 3 is 2.88 bits per heavy atom. The van der Waals surface area contributed by atoms with Crippen LogP contribution in [0.4, 0.5) is 21.2 Å². The van der Waals surface area contributed by atoms with Crippen molar-refractivity contribution in [3.8, 4) is 5.75 Å². The number of urea groups is 1. The van der Waals surface area contributed by atoms with E-state index in [2.05, 4.69) is 17.2 Å². The predicted octanol–water partition coefficient (Wildman–Crippen LogP) is 4.33. The minimum Gasteiger partial charge on any atom is -0.490 e. The molecule has 0 spiro atoms. The summed E-state index contributed by atoms with van der Waals surface area (Å²) in [4.78, 5) is 26.6. The van der Waals surface area contributed by atoms with Crippen LogP contribution in [0.25, 0.3) is 0 Å². The number of hydrogen-bond acceptors (Lipinski definition) is 4. The molecule has 6 nitrogen and oxygen atoms in total. The number of carbonyl (C=O) groups is 2. The molecular formula is C19H21N3O3S. The lowest BCUT2D eigenvalue weighted by atomic mass is 9.93. The Balaban J connectivity index is 1.86. The van der Waals surface area contributed by atoms with Gasteiger partial charge in [0.2, 0.25) is 5.91 Å². The molecule has 1 aliphatic rings. The van der Waals surface area contributed by atoms with E-state index in [0.717, 1.165) is 5.00 Å². The molecule has 2 N–H and O–H groups in total. The van der Waals surface area contributed by atoms with Crippen LogP contribution in [0.1, 0.15) is 13.8 Å². The van der Waals surface area contributed by atoms with Crippen LogP contribution in [0.2, 0.25) is 0 Å². The van der Waals surface area contributed by atoms with Crippen molar-refractivity contribution < 1.29 is 14.3 Å². The van der Waals surface area contributed by atoms with E-state index < -0.39 is 5.41 Å². The largest absolute Gasteiger partial charge is 0.490 e. The van der Waals surface area contributed by atoms with Gasteiger partial charge in [0, 0.05) is 12.2 Å². The summed E-state index contributed by atoms with van der Waals surface area (Å²) in [6, 6.07) is 8.60. The molecule has 2 heterocycles. The zero-order valence-corrected chi connectivity index (χ0v) is 15.6. The summed E-state index contributed by atoms with van der Waals surface area (Å²) in [5.74, 6) is 0.561. The third-order valence-electron chi connectivity index (χ3n) is 3.99. The van der Waals surface area contributed by atoms with Gasteiger partial charge in [0.15, 0.2) is 0 Å². The van der Waals surface area contributed by atoms with E-state index in [4.69, 9.17) is 4.74 Å². The van der Waals surface area contributed by atoms with Gasteiger partial charge in [-0.05, 0) is 49.6 Å². The van der Waals surface area contributed by atoms with Gasteiger partial charge in [-0.15, -0.1) is 17.9 Å². The maximum Gasteiger partial charge on any atom is 0.324 e. The first-order chi connectivity index (χ1) is 12.4. The van der Waals surface area contributed by atoms with Crippen LogP contribution in [0, 0.1) is 5.41 Å². The molecule has 1 aliphatic heterocycles. The number of carbonyl (C=O) groups excluding carboxylic acids is 2. The van der Waals surface area contributed by atoms with Crippen molar-refractivity contribution in [2.24, 2.45) is 5.41 Å². The molecule has 136 valence electrons. The lowest BCUT2D eigenvalue weighted by molar-refractivity contribution is -0.127. The quantitative estimate of drug-likeness (QED) is 0.786. The van der Waals surface area contributed by atoms with Gasteiger partial charge < -0.3 is 15.0 Å². The Hall–Kier alpha value is -2.80. The molecule has 0 atom stereocenters. The van der Waals surface area contributed by atoms with Crippen molar-refractivity contribution in [3.05, 3.63) is 48.4 Å². The van der Waals surface area contributed by atoms with Crippen molar-refractivity contribution in [2.75, 3.05) is 28.7 Å². The Morgan fingerprint density at radius 1 is 1.38 bits per heavy atom. The van der Waals surface area contributed by atoms with Gasteiger partial charge >= 0.3 is 6.03 Å². The summed E-state index contributed by atoms with van der Waals surface area (Å²) in [5.41, 5.74) is 0.545. The Morgan fingerprint density at radius 2 is 2.19 bits per heavy atom. The number of benzene rings is 1. The molecule has 0 saturated heterocycles. The first-order valence-corrected chi connectivity index (χ1v) is 9.10. The average molecular weight is 371 g/mol. The fraction of sp³-hybridized carbons (Fsp3) is 0.263. The molecule has 0 radical (unpaired) electrons. The number of hydrogen-bond donors (Lipinski definition) is 2. The second-order valence-electron chi connectivity index (χ2n) is 6.62. The maximum absolute atomic E-state index is 12.9. The number of anilines is 3. The lowest BCUT2D eigenvalue weighted by Gasteiger charge is -2.27. The highest BCUT2D eigenvalue weighted by Crippen LogP contribution is 2.38. The Kier molecular flexibility index (Phi) is 4.99. The SMILES string of the molecule is C=CCN1C(=O)C(C)(C)COc2ccc(NC(=O)Nc3cccs3)cc21. The van der Waals surface area contributed by atoms with Crippen LogP contribution in [0.15, 0.2) is 48.4 Å². The molecule has 0 saturated carbocycles. The van der Waals surface area contributed by atoms with E-state index in [-0.39, 0.29) is 18.5 Å². The zero-order chi connectivity index (χ0) is 18.7. The third-order valence-corrected chi connectivity index (χ3v) is 4.78. The summed E-state index contributed by atoms with van der Waals surface area (Å²) in [7, 11) is 0. The molecule has 26 heavy (non-hydrogen) atoms. The molecule has 1 aromatic heterocycles. The summed E-state index contributed by atoms with van der Waals surface area (Å²) >= 11 is 1.44. The fourth-order valence-corrected chi connectivity index (χ4v) is 3.27. The number of amides is 3. The summed E-state index contributed by atoms with van der Waals surface area (Å²) < 4.78 is 5.83. The maximum atomic E-state index is 12.9. The molecule has 7 heteroatoms. The number of ether oxygens (including phenoxy) is 1. The number of nitrogens with one attached hydrogen (secondary N) is 2. The van der Waals surface area contributed by atoms with Crippen LogP contribution in [-0.4, -0.2) is 25.1 Å². The summed E-state index contributed by atoms with van der Waals surface area (Å²) in [6.07, 6.45) is 1.67. The summed E-state index contributed by atoms with van der Waals surface area (Å²) in [6.45, 7) is 8.10. The van der Waals surface area contributed by atoms with E-state index in [1.54, 1.807) is 29.2 Å². The first-order valence-electron chi connectivity index (χ1n) is 8.22. The van der Waals surface area contributed by atoms with Crippen LogP contribution in [-0.2, 0) is 4.79 Å². The van der Waals surface area contributed by atoms with Gasteiger partial charge in [0.25, 0.3) is 0 Å². The molecule has 1 aromatic carbocycles. The van der Waals surface area contributed by atoms with Gasteiger partial charge in [-0.3, -0.25) is 10.1 Å². The standard InChI is InChI=1S/C19H21N3O3S/c1-4-9-22-14-11-13(20-18(24)21-16-6-5-10-26-16)7-8-15(14)25-12-19(2,3)17(22)23/h4-8,10-11H,1,9,12H2,2-3H3,(H2,20,21,24). The van der Waals surface area contributed by atoms with Gasteiger partial charge in [0.1, 0.15) is 12.4 Å². The molecular weight excluding hydrogens is 350 g/mol. The van der Waals surface area contributed by atoms with Gasteiger partial charge in [-0.1, -0.05) is 6.08 Å². The number of fused-ring (bicyclic) bond motifs is 1. The highest BCUT2D eigenvalue weighted by atomic mass is 32.1.